The molecule has 1 amide bonds. The number of rotatable bonds is 11. The largest absolute Gasteiger partial charge is 0.463 e. The number of nitrogens with two attached hydrogens (primary N) is 1. The number of hydrogen-bond acceptors (Lipinski definition) is 11. The summed E-state index contributed by atoms with van der Waals surface area (Å²) in [5.41, 5.74) is 5.36. The number of hydrogen-bond donors (Lipinski definition) is 2. The Kier molecular flexibility index (Phi) is 14.0. The van der Waals surface area contributed by atoms with E-state index in [1.165, 1.54) is 27.7 Å². The van der Waals surface area contributed by atoms with Gasteiger partial charge in [-0.3, -0.25) is 19.2 Å². The number of ether oxygens (including phenoxy) is 6. The third-order valence-corrected chi connectivity index (χ3v) is 3.84. The molecule has 0 aromatic carbocycles. The van der Waals surface area contributed by atoms with Crippen LogP contribution in [0, 0.1) is 0 Å². The summed E-state index contributed by atoms with van der Waals surface area (Å²) in [7, 11) is 0. The fourth-order valence-electron chi connectivity index (χ4n) is 2.84. The van der Waals surface area contributed by atoms with Gasteiger partial charge in [0.1, 0.15) is 18.8 Å². The topological polar surface area (TPSA) is 162 Å². The molecular weight excluding hydrogens is 440 g/mol. The maximum Gasteiger partial charge on any atom is 0.303 e. The summed E-state index contributed by atoms with van der Waals surface area (Å²) < 4.78 is 32.4. The molecule has 0 saturated carbocycles. The summed E-state index contributed by atoms with van der Waals surface area (Å²) in [4.78, 5) is 46.4. The summed E-state index contributed by atoms with van der Waals surface area (Å²) in [5.74, 6) is -2.38. The molecule has 1 rings (SSSR count). The number of carbonyl (C=O) groups is 4. The smallest absolute Gasteiger partial charge is 0.303 e. The third kappa shape index (κ3) is 10.7. The van der Waals surface area contributed by atoms with Crippen LogP contribution in [0.25, 0.3) is 0 Å². The van der Waals surface area contributed by atoms with Crippen molar-refractivity contribution in [2.75, 3.05) is 33.0 Å². The van der Waals surface area contributed by atoms with Crippen molar-refractivity contribution < 1.29 is 47.6 Å². The van der Waals surface area contributed by atoms with Gasteiger partial charge in [0.15, 0.2) is 18.5 Å². The van der Waals surface area contributed by atoms with E-state index < -0.39 is 54.5 Å². The Morgan fingerprint density at radius 2 is 1.52 bits per heavy atom. The molecular formula is C18H31ClN2O10. The van der Waals surface area contributed by atoms with Gasteiger partial charge < -0.3 is 39.5 Å². The van der Waals surface area contributed by atoms with Crippen LogP contribution in [0.5, 0.6) is 0 Å². The first-order valence-corrected chi connectivity index (χ1v) is 9.45. The Hall–Kier alpha value is -1.99. The van der Waals surface area contributed by atoms with Crippen molar-refractivity contribution in [3.63, 3.8) is 0 Å². The predicted molar refractivity (Wildman–Crippen MR) is 107 cm³/mol. The second-order valence-corrected chi connectivity index (χ2v) is 6.49. The van der Waals surface area contributed by atoms with E-state index in [0.29, 0.717) is 13.2 Å². The number of nitrogens with one attached hydrogen (secondary N) is 1. The molecule has 12 nitrogen and oxygen atoms in total. The van der Waals surface area contributed by atoms with Gasteiger partial charge in [-0.05, 0) is 0 Å². The molecule has 0 aliphatic carbocycles. The molecule has 13 heteroatoms. The Morgan fingerprint density at radius 1 is 0.903 bits per heavy atom. The Balaban J connectivity index is 0.00000900. The van der Waals surface area contributed by atoms with Crippen molar-refractivity contribution in [2.24, 2.45) is 5.73 Å². The first-order valence-electron chi connectivity index (χ1n) is 9.45. The van der Waals surface area contributed by atoms with Crippen LogP contribution < -0.4 is 11.1 Å². The lowest BCUT2D eigenvalue weighted by molar-refractivity contribution is -0.279. The highest BCUT2D eigenvalue weighted by Crippen LogP contribution is 2.28. The van der Waals surface area contributed by atoms with E-state index in [1.807, 2.05) is 0 Å². The van der Waals surface area contributed by atoms with Crippen LogP contribution in [0.3, 0.4) is 0 Å². The second kappa shape index (κ2) is 14.9. The average Bonchev–Trinajstić information content (AvgIpc) is 2.63. The standard InChI is InChI=1S/C18H30N2O10.ClH/c1-10(21)20-15-17(29-13(4)24)16(28-12(3)23)14(9-27-11(2)22)30-18(15)26-8-7-25-6-5-19;/h14-18H,5-9,19H2,1-4H3,(H,20,21);1H. The van der Waals surface area contributed by atoms with Crippen molar-refractivity contribution in [3.05, 3.63) is 0 Å². The molecule has 3 N–H and O–H groups in total. The van der Waals surface area contributed by atoms with Gasteiger partial charge >= 0.3 is 17.9 Å². The van der Waals surface area contributed by atoms with Gasteiger partial charge in [-0.2, -0.15) is 0 Å². The molecule has 1 aliphatic heterocycles. The highest BCUT2D eigenvalue weighted by atomic mass is 35.5. The summed E-state index contributed by atoms with van der Waals surface area (Å²) >= 11 is 0. The number of esters is 3. The predicted octanol–water partition coefficient (Wildman–Crippen LogP) is -0.944. The lowest BCUT2D eigenvalue weighted by atomic mass is 9.96. The van der Waals surface area contributed by atoms with E-state index >= 15 is 0 Å². The first-order chi connectivity index (χ1) is 14.1. The molecule has 5 unspecified atom stereocenters. The number of carbonyl (C=O) groups excluding carboxylic acids is 4. The van der Waals surface area contributed by atoms with Crippen molar-refractivity contribution in [1.82, 2.24) is 5.32 Å². The zero-order valence-electron chi connectivity index (χ0n) is 18.0. The summed E-state index contributed by atoms with van der Waals surface area (Å²) in [6.07, 6.45) is -4.43. The number of halogens is 1. The van der Waals surface area contributed by atoms with Crippen LogP contribution in [0.2, 0.25) is 0 Å². The van der Waals surface area contributed by atoms with Crippen LogP contribution in [0.15, 0.2) is 0 Å². The summed E-state index contributed by atoms with van der Waals surface area (Å²) in [6, 6.07) is -1.00. The molecule has 0 aromatic rings. The minimum atomic E-state index is -1.16. The lowest BCUT2D eigenvalue weighted by Crippen LogP contribution is -2.66. The van der Waals surface area contributed by atoms with Crippen molar-refractivity contribution >= 4 is 36.2 Å². The van der Waals surface area contributed by atoms with Crippen LogP contribution in [-0.4, -0.2) is 87.4 Å². The lowest BCUT2D eigenvalue weighted by Gasteiger charge is -2.44. The fraction of sp³-hybridized carbons (Fsp3) is 0.778. The SMILES string of the molecule is CC(=O)NC1C(OCCOCCN)OC(COC(C)=O)C(OC(C)=O)C1OC(C)=O.Cl. The van der Waals surface area contributed by atoms with Gasteiger partial charge in [-0.25, -0.2) is 0 Å². The molecule has 180 valence electrons. The molecule has 1 saturated heterocycles. The first kappa shape index (κ1) is 29.0. The molecule has 1 heterocycles. The molecule has 1 fully saturated rings. The monoisotopic (exact) mass is 470 g/mol. The van der Waals surface area contributed by atoms with Gasteiger partial charge in [0.25, 0.3) is 0 Å². The van der Waals surface area contributed by atoms with Crippen molar-refractivity contribution in [2.45, 2.75) is 58.3 Å². The highest BCUT2D eigenvalue weighted by molar-refractivity contribution is 5.85. The molecule has 5 atom stereocenters. The van der Waals surface area contributed by atoms with E-state index in [1.54, 1.807) is 0 Å². The van der Waals surface area contributed by atoms with E-state index in [0.717, 1.165) is 0 Å². The van der Waals surface area contributed by atoms with Gasteiger partial charge in [-0.1, -0.05) is 0 Å². The summed E-state index contributed by atoms with van der Waals surface area (Å²) in [6.45, 7) is 5.47. The van der Waals surface area contributed by atoms with E-state index in [2.05, 4.69) is 5.32 Å². The zero-order chi connectivity index (χ0) is 22.7. The Morgan fingerprint density at radius 3 is 2.03 bits per heavy atom. The van der Waals surface area contributed by atoms with Gasteiger partial charge in [-0.15, -0.1) is 12.4 Å². The van der Waals surface area contributed by atoms with E-state index in [4.69, 9.17) is 34.2 Å². The molecule has 0 bridgehead atoms. The van der Waals surface area contributed by atoms with E-state index in [9.17, 15) is 19.2 Å². The van der Waals surface area contributed by atoms with Gasteiger partial charge in [0.2, 0.25) is 5.91 Å². The second-order valence-electron chi connectivity index (χ2n) is 6.49. The van der Waals surface area contributed by atoms with Crippen molar-refractivity contribution in [3.8, 4) is 0 Å². The molecule has 0 aromatic heterocycles. The van der Waals surface area contributed by atoms with Crippen molar-refractivity contribution in [1.29, 1.82) is 0 Å². The minimum absolute atomic E-state index is 0. The van der Waals surface area contributed by atoms with Gasteiger partial charge in [0, 0.05) is 34.2 Å². The van der Waals surface area contributed by atoms with Gasteiger partial charge in [0.05, 0.1) is 19.8 Å². The maximum absolute atomic E-state index is 11.8. The third-order valence-electron chi connectivity index (χ3n) is 3.84. The summed E-state index contributed by atoms with van der Waals surface area (Å²) in [5, 5.41) is 2.60. The highest BCUT2D eigenvalue weighted by Gasteiger charge is 2.51. The normalized spacial score (nSPS) is 25.0. The van der Waals surface area contributed by atoms with E-state index in [-0.39, 0.29) is 32.2 Å². The molecule has 1 aliphatic rings. The number of amides is 1. The van der Waals surface area contributed by atoms with Crippen LogP contribution in [-0.2, 0) is 47.6 Å². The zero-order valence-corrected chi connectivity index (χ0v) is 18.8. The van der Waals surface area contributed by atoms with Crippen LogP contribution in [0.1, 0.15) is 27.7 Å². The fourth-order valence-corrected chi connectivity index (χ4v) is 2.84. The Labute approximate surface area is 186 Å². The maximum atomic E-state index is 11.8. The molecule has 0 radical (unpaired) electrons. The average molecular weight is 471 g/mol. The van der Waals surface area contributed by atoms with Crippen LogP contribution >= 0.6 is 12.4 Å². The van der Waals surface area contributed by atoms with Crippen LogP contribution in [0.4, 0.5) is 0 Å². The molecule has 0 spiro atoms. The minimum Gasteiger partial charge on any atom is -0.463 e. The quantitative estimate of drug-likeness (QED) is 0.217. The Bertz CT molecular complexity index is 606. The molecule has 31 heavy (non-hydrogen) atoms.